The molecule has 1 aliphatic carbocycles. The Morgan fingerprint density at radius 2 is 2.12 bits per heavy atom. The second kappa shape index (κ2) is 7.29. The summed E-state index contributed by atoms with van der Waals surface area (Å²) in [6.45, 7) is 0.325. The van der Waals surface area contributed by atoms with E-state index in [0.29, 0.717) is 6.54 Å². The van der Waals surface area contributed by atoms with E-state index in [4.69, 9.17) is 4.74 Å². The number of carbonyl (C=O) groups excluding carboxylic acids is 1. The lowest BCUT2D eigenvalue weighted by Crippen LogP contribution is -2.34. The van der Waals surface area contributed by atoms with Crippen LogP contribution < -0.4 is 15.6 Å². The van der Waals surface area contributed by atoms with Crippen LogP contribution in [0.25, 0.3) is 0 Å². The van der Waals surface area contributed by atoms with Gasteiger partial charge in [0.15, 0.2) is 0 Å². The largest absolute Gasteiger partial charge is 0.497 e. The van der Waals surface area contributed by atoms with Crippen LogP contribution in [-0.2, 0) is 30.7 Å². The lowest BCUT2D eigenvalue weighted by Gasteiger charge is -2.15. The monoisotopic (exact) mass is 327 g/mol. The zero-order valence-electron chi connectivity index (χ0n) is 13.7. The van der Waals surface area contributed by atoms with Crippen LogP contribution in [0.5, 0.6) is 5.75 Å². The molecule has 0 unspecified atom stereocenters. The number of methoxy groups -OCH3 is 1. The fourth-order valence-electron chi connectivity index (χ4n) is 2.89. The number of amides is 1. The highest BCUT2D eigenvalue weighted by molar-refractivity contribution is 5.75. The summed E-state index contributed by atoms with van der Waals surface area (Å²) in [5, 5.41) is 7.17. The van der Waals surface area contributed by atoms with Crippen molar-refractivity contribution in [3.05, 3.63) is 57.5 Å². The molecule has 1 aliphatic rings. The third kappa shape index (κ3) is 3.82. The third-order valence-corrected chi connectivity index (χ3v) is 4.19. The Morgan fingerprint density at radius 1 is 1.29 bits per heavy atom. The Morgan fingerprint density at radius 3 is 2.96 bits per heavy atom. The molecular weight excluding hydrogens is 306 g/mol. The Labute approximate surface area is 140 Å². The number of nitrogens with one attached hydrogen (secondary N) is 1. The molecule has 0 aliphatic heterocycles. The number of ether oxygens (including phenoxy) is 1. The maximum absolute atomic E-state index is 12.1. The number of aromatic nitrogens is 2. The van der Waals surface area contributed by atoms with E-state index in [1.807, 2.05) is 24.3 Å². The van der Waals surface area contributed by atoms with Crippen molar-refractivity contribution in [1.29, 1.82) is 0 Å². The minimum atomic E-state index is -0.233. The van der Waals surface area contributed by atoms with Gasteiger partial charge in [-0.2, -0.15) is 5.10 Å². The molecule has 6 nitrogen and oxygen atoms in total. The van der Waals surface area contributed by atoms with Gasteiger partial charge in [-0.05, 0) is 48.9 Å². The topological polar surface area (TPSA) is 73.2 Å². The molecule has 0 atom stereocenters. The number of aryl methyl sites for hydroxylation is 2. The van der Waals surface area contributed by atoms with Crippen molar-refractivity contribution in [3.63, 3.8) is 0 Å². The van der Waals surface area contributed by atoms with Gasteiger partial charge in [-0.25, -0.2) is 4.68 Å². The molecule has 24 heavy (non-hydrogen) atoms. The number of nitrogens with zero attached hydrogens (tertiary/aromatic N) is 2. The SMILES string of the molecule is COc1cccc(CNC(=O)Cn2nc3c(cc2=O)CCCC3)c1. The van der Waals surface area contributed by atoms with E-state index < -0.39 is 0 Å². The summed E-state index contributed by atoms with van der Waals surface area (Å²) in [5.74, 6) is 0.512. The average Bonchev–Trinajstić information content (AvgIpc) is 2.61. The number of hydrogen-bond donors (Lipinski definition) is 1. The highest BCUT2D eigenvalue weighted by atomic mass is 16.5. The minimum Gasteiger partial charge on any atom is -0.497 e. The van der Waals surface area contributed by atoms with Gasteiger partial charge in [0.05, 0.1) is 12.8 Å². The molecule has 3 rings (SSSR count). The summed E-state index contributed by atoms with van der Waals surface area (Å²) < 4.78 is 6.41. The smallest absolute Gasteiger partial charge is 0.267 e. The van der Waals surface area contributed by atoms with Crippen LogP contribution in [0, 0.1) is 0 Å². The predicted molar refractivity (Wildman–Crippen MR) is 90.0 cm³/mol. The quantitative estimate of drug-likeness (QED) is 0.902. The van der Waals surface area contributed by atoms with Crippen LogP contribution in [0.15, 0.2) is 35.1 Å². The van der Waals surface area contributed by atoms with Gasteiger partial charge in [-0.1, -0.05) is 12.1 Å². The van der Waals surface area contributed by atoms with Crippen molar-refractivity contribution < 1.29 is 9.53 Å². The second-order valence-electron chi connectivity index (χ2n) is 5.95. The molecule has 6 heteroatoms. The summed E-state index contributed by atoms with van der Waals surface area (Å²) in [4.78, 5) is 24.2. The number of rotatable bonds is 5. The molecule has 0 saturated heterocycles. The van der Waals surface area contributed by atoms with Crippen molar-refractivity contribution >= 4 is 5.91 Å². The molecule has 0 bridgehead atoms. The second-order valence-corrected chi connectivity index (χ2v) is 5.95. The molecule has 0 fully saturated rings. The first kappa shape index (κ1) is 16.2. The van der Waals surface area contributed by atoms with Crippen molar-refractivity contribution in [2.24, 2.45) is 0 Å². The molecule has 1 aromatic carbocycles. The van der Waals surface area contributed by atoms with Gasteiger partial charge in [0.1, 0.15) is 12.3 Å². The normalized spacial score (nSPS) is 13.2. The van der Waals surface area contributed by atoms with Crippen LogP contribution in [0.1, 0.15) is 29.7 Å². The van der Waals surface area contributed by atoms with Gasteiger partial charge < -0.3 is 10.1 Å². The summed E-state index contributed by atoms with van der Waals surface area (Å²) in [6.07, 6.45) is 3.96. The van der Waals surface area contributed by atoms with Crippen LogP contribution in [0.2, 0.25) is 0 Å². The lowest BCUT2D eigenvalue weighted by molar-refractivity contribution is -0.122. The minimum absolute atomic E-state index is 0.0594. The number of fused-ring (bicyclic) bond motifs is 1. The van der Waals surface area contributed by atoms with Crippen molar-refractivity contribution in [2.75, 3.05) is 7.11 Å². The van der Waals surface area contributed by atoms with Crippen LogP contribution >= 0.6 is 0 Å². The zero-order chi connectivity index (χ0) is 16.9. The van der Waals surface area contributed by atoms with Crippen molar-refractivity contribution in [3.8, 4) is 5.75 Å². The maximum Gasteiger partial charge on any atom is 0.267 e. The van der Waals surface area contributed by atoms with E-state index in [1.54, 1.807) is 13.2 Å². The zero-order valence-corrected chi connectivity index (χ0v) is 13.7. The molecular formula is C18H21N3O3. The van der Waals surface area contributed by atoms with Crippen LogP contribution in [0.4, 0.5) is 0 Å². The predicted octanol–water partition coefficient (Wildman–Crippen LogP) is 1.45. The summed E-state index contributed by atoms with van der Waals surface area (Å²) in [5.41, 5.74) is 2.70. The average molecular weight is 327 g/mol. The van der Waals surface area contributed by atoms with E-state index in [1.165, 1.54) is 4.68 Å². The van der Waals surface area contributed by atoms with E-state index in [0.717, 1.165) is 48.3 Å². The Balaban J connectivity index is 1.63. The van der Waals surface area contributed by atoms with Gasteiger partial charge in [-0.15, -0.1) is 0 Å². The van der Waals surface area contributed by atoms with E-state index in [9.17, 15) is 9.59 Å². The molecule has 1 heterocycles. The van der Waals surface area contributed by atoms with E-state index in [-0.39, 0.29) is 18.0 Å². The molecule has 0 saturated carbocycles. The van der Waals surface area contributed by atoms with Crippen LogP contribution in [0.3, 0.4) is 0 Å². The highest BCUT2D eigenvalue weighted by Gasteiger charge is 2.14. The van der Waals surface area contributed by atoms with Gasteiger partial charge in [0, 0.05) is 12.6 Å². The van der Waals surface area contributed by atoms with Crippen LogP contribution in [-0.4, -0.2) is 22.8 Å². The van der Waals surface area contributed by atoms with Gasteiger partial charge >= 0.3 is 0 Å². The summed E-state index contributed by atoms with van der Waals surface area (Å²) in [6, 6.07) is 9.12. The fraction of sp³-hybridized carbons (Fsp3) is 0.389. The number of benzene rings is 1. The molecule has 126 valence electrons. The lowest BCUT2D eigenvalue weighted by atomic mass is 9.97. The molecule has 0 spiro atoms. The third-order valence-electron chi connectivity index (χ3n) is 4.19. The highest BCUT2D eigenvalue weighted by Crippen LogP contribution is 2.16. The first-order chi connectivity index (χ1) is 11.7. The molecule has 1 aromatic heterocycles. The first-order valence-electron chi connectivity index (χ1n) is 8.15. The molecule has 1 N–H and O–H groups in total. The van der Waals surface area contributed by atoms with Gasteiger partial charge in [0.2, 0.25) is 5.91 Å². The Hall–Kier alpha value is -2.63. The Kier molecular flexibility index (Phi) is 4.93. The van der Waals surface area contributed by atoms with Crippen molar-refractivity contribution in [2.45, 2.75) is 38.8 Å². The van der Waals surface area contributed by atoms with Gasteiger partial charge in [0.25, 0.3) is 5.56 Å². The number of hydrogen-bond acceptors (Lipinski definition) is 4. The summed E-state index contributed by atoms with van der Waals surface area (Å²) >= 11 is 0. The van der Waals surface area contributed by atoms with E-state index >= 15 is 0 Å². The first-order valence-corrected chi connectivity index (χ1v) is 8.15. The number of carbonyl (C=O) groups is 1. The van der Waals surface area contributed by atoms with Crippen molar-refractivity contribution in [1.82, 2.24) is 15.1 Å². The fourth-order valence-corrected chi connectivity index (χ4v) is 2.89. The van der Waals surface area contributed by atoms with Gasteiger partial charge in [-0.3, -0.25) is 9.59 Å². The molecule has 2 aromatic rings. The molecule has 1 amide bonds. The standard InChI is InChI=1S/C18H21N3O3/c1-24-15-7-4-5-13(9-15)11-19-17(22)12-21-18(23)10-14-6-2-3-8-16(14)20-21/h4-5,7,9-10H,2-3,6,8,11-12H2,1H3,(H,19,22). The molecule has 0 radical (unpaired) electrons. The summed E-state index contributed by atoms with van der Waals surface area (Å²) in [7, 11) is 1.60. The Bertz CT molecular complexity index is 798. The van der Waals surface area contributed by atoms with E-state index in [2.05, 4.69) is 10.4 Å². The maximum atomic E-state index is 12.1.